The molecular weight excluding hydrogens is 317 g/mol. The van der Waals surface area contributed by atoms with Crippen molar-refractivity contribution in [2.75, 3.05) is 26.7 Å². The first-order chi connectivity index (χ1) is 10.6. The van der Waals surface area contributed by atoms with Crippen LogP contribution in [0.1, 0.15) is 19.8 Å². The number of hydrogen-bond acceptors (Lipinski definition) is 4. The average molecular weight is 338 g/mol. The van der Waals surface area contributed by atoms with E-state index < -0.39 is 42.5 Å². The van der Waals surface area contributed by atoms with E-state index in [4.69, 9.17) is 0 Å². The molecule has 0 aromatic carbocycles. The molecular formula is C13H21F3N4O3. The van der Waals surface area contributed by atoms with Gasteiger partial charge in [-0.15, -0.1) is 0 Å². The molecule has 1 fully saturated rings. The van der Waals surface area contributed by atoms with Crippen LogP contribution in [-0.2, 0) is 9.59 Å². The quantitative estimate of drug-likeness (QED) is 0.684. The highest BCUT2D eigenvalue weighted by Crippen LogP contribution is 2.20. The van der Waals surface area contributed by atoms with Crippen LogP contribution in [0.4, 0.5) is 18.0 Å². The van der Waals surface area contributed by atoms with Gasteiger partial charge in [0.25, 0.3) is 0 Å². The third kappa shape index (κ3) is 6.43. The summed E-state index contributed by atoms with van der Waals surface area (Å²) >= 11 is 0. The minimum atomic E-state index is -4.43. The lowest BCUT2D eigenvalue weighted by atomic mass is 9.95. The van der Waals surface area contributed by atoms with Gasteiger partial charge in [-0.1, -0.05) is 0 Å². The fourth-order valence-electron chi connectivity index (χ4n) is 2.33. The lowest BCUT2D eigenvalue weighted by Gasteiger charge is -2.34. The number of nitrogens with zero attached hydrogens (tertiary/aromatic N) is 1. The third-order valence-electron chi connectivity index (χ3n) is 3.75. The van der Waals surface area contributed by atoms with Gasteiger partial charge in [-0.3, -0.25) is 19.8 Å². The number of imide groups is 1. The van der Waals surface area contributed by atoms with Crippen molar-refractivity contribution < 1.29 is 27.6 Å². The minimum Gasteiger partial charge on any atom is -0.347 e. The van der Waals surface area contributed by atoms with E-state index in [0.717, 1.165) is 0 Å². The van der Waals surface area contributed by atoms with Gasteiger partial charge in [-0.25, -0.2) is 4.79 Å². The van der Waals surface area contributed by atoms with Crippen molar-refractivity contribution in [3.8, 4) is 0 Å². The third-order valence-corrected chi connectivity index (χ3v) is 3.75. The highest BCUT2D eigenvalue weighted by Gasteiger charge is 2.32. The standard InChI is InChI=1S/C13H21F3N4O3/c1-8(10(21)19-12(23)17-2)20-5-3-9(4-6-20)11(22)18-7-13(14,15)16/h8-9H,3-7H2,1-2H3,(H,18,22)(H2,17,19,21,23). The summed E-state index contributed by atoms with van der Waals surface area (Å²) in [6.07, 6.45) is -3.70. The Hall–Kier alpha value is -1.84. The van der Waals surface area contributed by atoms with E-state index >= 15 is 0 Å². The van der Waals surface area contributed by atoms with E-state index in [1.165, 1.54) is 7.05 Å². The lowest BCUT2D eigenvalue weighted by molar-refractivity contribution is -0.142. The zero-order valence-corrected chi connectivity index (χ0v) is 13.0. The Balaban J connectivity index is 2.41. The van der Waals surface area contributed by atoms with Crippen molar-refractivity contribution in [3.05, 3.63) is 0 Å². The molecule has 1 atom stereocenters. The Kier molecular flexibility index (Phi) is 6.79. The van der Waals surface area contributed by atoms with Gasteiger partial charge in [0.05, 0.1) is 6.04 Å². The smallest absolute Gasteiger partial charge is 0.347 e. The van der Waals surface area contributed by atoms with Crippen molar-refractivity contribution >= 4 is 17.8 Å². The van der Waals surface area contributed by atoms with E-state index in [1.807, 2.05) is 5.32 Å². The van der Waals surface area contributed by atoms with Crippen LogP contribution in [0.25, 0.3) is 0 Å². The zero-order valence-electron chi connectivity index (χ0n) is 13.0. The SMILES string of the molecule is CNC(=O)NC(=O)C(C)N1CCC(C(=O)NCC(F)(F)F)CC1. The van der Waals surface area contributed by atoms with Gasteiger partial charge in [0.2, 0.25) is 11.8 Å². The van der Waals surface area contributed by atoms with E-state index in [9.17, 15) is 27.6 Å². The number of likely N-dealkylation sites (tertiary alicyclic amines) is 1. The molecule has 0 aliphatic carbocycles. The van der Waals surface area contributed by atoms with Gasteiger partial charge < -0.3 is 10.6 Å². The van der Waals surface area contributed by atoms with Gasteiger partial charge in [-0.2, -0.15) is 13.2 Å². The number of rotatable bonds is 4. The van der Waals surface area contributed by atoms with Crippen molar-refractivity contribution in [1.29, 1.82) is 0 Å². The van der Waals surface area contributed by atoms with Crippen molar-refractivity contribution in [1.82, 2.24) is 20.9 Å². The summed E-state index contributed by atoms with van der Waals surface area (Å²) in [5, 5.41) is 6.31. The first-order valence-corrected chi connectivity index (χ1v) is 7.25. The largest absolute Gasteiger partial charge is 0.405 e. The molecule has 4 amide bonds. The number of carbonyl (C=O) groups is 3. The molecule has 3 N–H and O–H groups in total. The van der Waals surface area contributed by atoms with Crippen LogP contribution in [-0.4, -0.2) is 61.6 Å². The molecule has 23 heavy (non-hydrogen) atoms. The Morgan fingerprint density at radius 3 is 2.26 bits per heavy atom. The summed E-state index contributed by atoms with van der Waals surface area (Å²) in [6, 6.07) is -1.17. The second-order valence-corrected chi connectivity index (χ2v) is 5.39. The van der Waals surface area contributed by atoms with Crippen LogP contribution in [0.3, 0.4) is 0 Å². The van der Waals surface area contributed by atoms with Gasteiger partial charge >= 0.3 is 12.2 Å². The number of nitrogens with one attached hydrogen (secondary N) is 3. The second kappa shape index (κ2) is 8.14. The summed E-state index contributed by atoms with van der Waals surface area (Å²) in [7, 11) is 1.39. The summed E-state index contributed by atoms with van der Waals surface area (Å²) in [4.78, 5) is 36.4. The van der Waals surface area contributed by atoms with Crippen LogP contribution >= 0.6 is 0 Å². The molecule has 0 radical (unpaired) electrons. The molecule has 1 aliphatic rings. The van der Waals surface area contributed by atoms with Crippen molar-refractivity contribution in [2.45, 2.75) is 32.0 Å². The predicted octanol–water partition coefficient (Wildman–Crippen LogP) is 0.221. The highest BCUT2D eigenvalue weighted by molar-refractivity contribution is 5.96. The predicted molar refractivity (Wildman–Crippen MR) is 75.4 cm³/mol. The maximum absolute atomic E-state index is 12.1. The molecule has 7 nitrogen and oxygen atoms in total. The topological polar surface area (TPSA) is 90.5 Å². The molecule has 0 saturated carbocycles. The molecule has 1 saturated heterocycles. The molecule has 0 spiro atoms. The van der Waals surface area contributed by atoms with E-state index in [2.05, 4.69) is 10.6 Å². The minimum absolute atomic E-state index is 0.362. The van der Waals surface area contributed by atoms with Crippen LogP contribution in [0, 0.1) is 5.92 Å². The van der Waals surface area contributed by atoms with E-state index in [0.29, 0.717) is 25.9 Å². The summed E-state index contributed by atoms with van der Waals surface area (Å²) in [5.41, 5.74) is 0. The molecule has 10 heteroatoms. The second-order valence-electron chi connectivity index (χ2n) is 5.39. The normalized spacial score (nSPS) is 18.1. The van der Waals surface area contributed by atoms with E-state index in [-0.39, 0.29) is 0 Å². The molecule has 0 aromatic rings. The molecule has 1 unspecified atom stereocenters. The maximum atomic E-state index is 12.1. The van der Waals surface area contributed by atoms with Crippen LogP contribution in [0.2, 0.25) is 0 Å². The van der Waals surface area contributed by atoms with E-state index in [1.54, 1.807) is 11.8 Å². The Labute approximate surface area is 132 Å². The average Bonchev–Trinajstić information content (AvgIpc) is 2.51. The first kappa shape index (κ1) is 19.2. The van der Waals surface area contributed by atoms with Gasteiger partial charge in [0.15, 0.2) is 0 Å². The van der Waals surface area contributed by atoms with Gasteiger partial charge in [-0.05, 0) is 32.9 Å². The first-order valence-electron chi connectivity index (χ1n) is 7.25. The van der Waals surface area contributed by atoms with Crippen LogP contribution < -0.4 is 16.0 Å². The fraction of sp³-hybridized carbons (Fsp3) is 0.769. The van der Waals surface area contributed by atoms with Crippen molar-refractivity contribution in [2.24, 2.45) is 5.92 Å². The highest BCUT2D eigenvalue weighted by atomic mass is 19.4. The number of alkyl halides is 3. The molecule has 132 valence electrons. The monoisotopic (exact) mass is 338 g/mol. The molecule has 1 rings (SSSR count). The Bertz CT molecular complexity index is 448. The number of carbonyl (C=O) groups excluding carboxylic acids is 3. The molecule has 1 aliphatic heterocycles. The number of halogens is 3. The number of amides is 4. The molecule has 0 aromatic heterocycles. The molecule has 1 heterocycles. The Morgan fingerprint density at radius 2 is 1.78 bits per heavy atom. The van der Waals surface area contributed by atoms with Gasteiger partial charge in [0, 0.05) is 13.0 Å². The maximum Gasteiger partial charge on any atom is 0.405 e. The lowest BCUT2D eigenvalue weighted by Crippen LogP contribution is -2.52. The number of hydrogen-bond donors (Lipinski definition) is 3. The van der Waals surface area contributed by atoms with Crippen molar-refractivity contribution in [3.63, 3.8) is 0 Å². The Morgan fingerprint density at radius 1 is 1.22 bits per heavy atom. The van der Waals surface area contributed by atoms with Crippen LogP contribution in [0.5, 0.6) is 0 Å². The summed E-state index contributed by atoms with van der Waals surface area (Å²) < 4.78 is 36.2. The number of piperidine rings is 1. The summed E-state index contributed by atoms with van der Waals surface area (Å²) in [5.74, 6) is -1.59. The van der Waals surface area contributed by atoms with Crippen LogP contribution in [0.15, 0.2) is 0 Å². The van der Waals surface area contributed by atoms with Gasteiger partial charge in [0.1, 0.15) is 6.54 Å². The zero-order chi connectivity index (χ0) is 17.6. The number of urea groups is 1. The molecule has 0 bridgehead atoms. The fourth-order valence-corrected chi connectivity index (χ4v) is 2.33. The summed E-state index contributed by atoms with van der Waals surface area (Å²) in [6.45, 7) is 1.08.